The summed E-state index contributed by atoms with van der Waals surface area (Å²) < 4.78 is 5.41. The fourth-order valence-corrected chi connectivity index (χ4v) is 4.13. The van der Waals surface area contributed by atoms with Crippen LogP contribution in [0, 0.1) is 11.8 Å². The van der Waals surface area contributed by atoms with Gasteiger partial charge in [-0.05, 0) is 70.5 Å². The quantitative estimate of drug-likeness (QED) is 0.827. The van der Waals surface area contributed by atoms with Crippen molar-refractivity contribution in [2.75, 3.05) is 33.4 Å². The van der Waals surface area contributed by atoms with Gasteiger partial charge in [0.25, 0.3) is 0 Å². The number of hydrogen-bond donors (Lipinski definition) is 1. The summed E-state index contributed by atoms with van der Waals surface area (Å²) in [5.74, 6) is 1.79. The van der Waals surface area contributed by atoms with Gasteiger partial charge >= 0.3 is 0 Å². The second kappa shape index (κ2) is 5.89. The molecule has 2 bridgehead atoms. The van der Waals surface area contributed by atoms with Gasteiger partial charge in [-0.25, -0.2) is 0 Å². The average Bonchev–Trinajstić information content (AvgIpc) is 2.64. The van der Waals surface area contributed by atoms with Gasteiger partial charge in [-0.1, -0.05) is 0 Å². The van der Waals surface area contributed by atoms with Crippen LogP contribution in [0.25, 0.3) is 0 Å². The summed E-state index contributed by atoms with van der Waals surface area (Å²) in [7, 11) is 2.33. The van der Waals surface area contributed by atoms with Gasteiger partial charge in [0.05, 0.1) is 0 Å². The Labute approximate surface area is 111 Å². The highest BCUT2D eigenvalue weighted by Crippen LogP contribution is 2.37. The fraction of sp³-hybridized carbons (Fsp3) is 1.00. The summed E-state index contributed by atoms with van der Waals surface area (Å²) in [6.07, 6.45) is 8.24. The molecule has 0 aromatic carbocycles. The average molecular weight is 252 g/mol. The summed E-state index contributed by atoms with van der Waals surface area (Å²) in [6.45, 7) is 4.42. The first-order valence-corrected chi connectivity index (χ1v) is 7.83. The van der Waals surface area contributed by atoms with Gasteiger partial charge in [-0.2, -0.15) is 0 Å². The van der Waals surface area contributed by atoms with Crippen LogP contribution in [-0.4, -0.2) is 50.3 Å². The molecule has 2 unspecified atom stereocenters. The summed E-state index contributed by atoms with van der Waals surface area (Å²) >= 11 is 0. The Hall–Kier alpha value is -0.120. The fourth-order valence-electron chi connectivity index (χ4n) is 4.13. The summed E-state index contributed by atoms with van der Waals surface area (Å²) in [5, 5.41) is 3.73. The van der Waals surface area contributed by atoms with E-state index >= 15 is 0 Å². The highest BCUT2D eigenvalue weighted by Gasteiger charge is 2.37. The standard InChI is InChI=1S/C15H28N2O/c1-17-14-2-3-15(17)9-13(8-14)11-16-10-12-4-6-18-7-5-12/h12-16H,2-11H2,1H3. The van der Waals surface area contributed by atoms with Crippen molar-refractivity contribution in [2.24, 2.45) is 11.8 Å². The van der Waals surface area contributed by atoms with Crippen LogP contribution in [0.2, 0.25) is 0 Å². The van der Waals surface area contributed by atoms with Gasteiger partial charge in [-0.15, -0.1) is 0 Å². The van der Waals surface area contributed by atoms with Gasteiger partial charge in [-0.3, -0.25) is 0 Å². The third-order valence-corrected chi connectivity index (χ3v) is 5.40. The van der Waals surface area contributed by atoms with Crippen LogP contribution < -0.4 is 5.32 Å². The van der Waals surface area contributed by atoms with Crippen molar-refractivity contribution in [3.63, 3.8) is 0 Å². The van der Waals surface area contributed by atoms with Crippen LogP contribution in [0.5, 0.6) is 0 Å². The largest absolute Gasteiger partial charge is 0.381 e. The van der Waals surface area contributed by atoms with E-state index in [1.54, 1.807) is 0 Å². The number of rotatable bonds is 4. The van der Waals surface area contributed by atoms with E-state index in [9.17, 15) is 0 Å². The van der Waals surface area contributed by atoms with Gasteiger partial charge in [0.1, 0.15) is 0 Å². The monoisotopic (exact) mass is 252 g/mol. The first-order chi connectivity index (χ1) is 8.83. The molecule has 3 heterocycles. The molecule has 3 aliphatic heterocycles. The molecule has 3 saturated heterocycles. The molecule has 0 aromatic rings. The van der Waals surface area contributed by atoms with Crippen molar-refractivity contribution in [2.45, 2.75) is 50.6 Å². The topological polar surface area (TPSA) is 24.5 Å². The molecule has 3 heteroatoms. The molecule has 18 heavy (non-hydrogen) atoms. The molecule has 0 radical (unpaired) electrons. The normalized spacial score (nSPS) is 38.2. The molecule has 0 amide bonds. The Kier molecular flexibility index (Phi) is 4.22. The molecule has 2 atom stereocenters. The Morgan fingerprint density at radius 1 is 0.944 bits per heavy atom. The molecule has 3 rings (SSSR count). The zero-order valence-corrected chi connectivity index (χ0v) is 11.7. The minimum absolute atomic E-state index is 0.863. The van der Waals surface area contributed by atoms with Crippen LogP contribution >= 0.6 is 0 Å². The van der Waals surface area contributed by atoms with Crippen molar-refractivity contribution in [3.05, 3.63) is 0 Å². The first kappa shape index (κ1) is 12.9. The molecule has 0 aliphatic carbocycles. The van der Waals surface area contributed by atoms with Crippen molar-refractivity contribution >= 4 is 0 Å². The molecule has 104 valence electrons. The Balaban J connectivity index is 1.36. The van der Waals surface area contributed by atoms with E-state index in [0.29, 0.717) is 0 Å². The highest BCUT2D eigenvalue weighted by atomic mass is 16.5. The van der Waals surface area contributed by atoms with Gasteiger partial charge in [0, 0.05) is 25.3 Å². The number of hydrogen-bond acceptors (Lipinski definition) is 3. The minimum Gasteiger partial charge on any atom is -0.381 e. The van der Waals surface area contributed by atoms with Crippen LogP contribution in [0.4, 0.5) is 0 Å². The smallest absolute Gasteiger partial charge is 0.0469 e. The highest BCUT2D eigenvalue weighted by molar-refractivity contribution is 4.93. The Morgan fingerprint density at radius 2 is 1.56 bits per heavy atom. The number of nitrogens with zero attached hydrogens (tertiary/aromatic N) is 1. The molecular weight excluding hydrogens is 224 g/mol. The molecule has 0 saturated carbocycles. The van der Waals surface area contributed by atoms with Crippen LogP contribution in [0.1, 0.15) is 38.5 Å². The van der Waals surface area contributed by atoms with Gasteiger partial charge in [0.2, 0.25) is 0 Å². The first-order valence-electron chi connectivity index (χ1n) is 7.83. The SMILES string of the molecule is CN1C2CCC1CC(CNCC1CCOCC1)C2. The van der Waals surface area contributed by atoms with Crippen molar-refractivity contribution in [3.8, 4) is 0 Å². The lowest BCUT2D eigenvalue weighted by Crippen LogP contribution is -2.43. The maximum absolute atomic E-state index is 5.41. The van der Waals surface area contributed by atoms with Crippen molar-refractivity contribution in [1.29, 1.82) is 0 Å². The maximum atomic E-state index is 5.41. The van der Waals surface area contributed by atoms with E-state index in [4.69, 9.17) is 4.74 Å². The van der Waals surface area contributed by atoms with E-state index in [2.05, 4.69) is 17.3 Å². The zero-order valence-electron chi connectivity index (χ0n) is 11.7. The number of piperidine rings is 1. The number of nitrogens with one attached hydrogen (secondary N) is 1. The van der Waals surface area contributed by atoms with E-state index < -0.39 is 0 Å². The van der Waals surface area contributed by atoms with Crippen molar-refractivity contribution < 1.29 is 4.74 Å². The molecule has 1 N–H and O–H groups in total. The molecule has 0 spiro atoms. The summed E-state index contributed by atoms with van der Waals surface area (Å²) in [5.41, 5.74) is 0. The molecular formula is C15H28N2O. The number of ether oxygens (including phenoxy) is 1. The van der Waals surface area contributed by atoms with Crippen molar-refractivity contribution in [1.82, 2.24) is 10.2 Å². The minimum atomic E-state index is 0.863. The van der Waals surface area contributed by atoms with Gasteiger partial charge in [0.15, 0.2) is 0 Å². The lowest BCUT2D eigenvalue weighted by molar-refractivity contribution is 0.0651. The van der Waals surface area contributed by atoms with Crippen LogP contribution in [0.3, 0.4) is 0 Å². The lowest BCUT2D eigenvalue weighted by Gasteiger charge is -2.36. The Bertz CT molecular complexity index is 251. The third-order valence-electron chi connectivity index (χ3n) is 5.40. The predicted octanol–water partition coefficient (Wildman–Crippen LogP) is 1.88. The van der Waals surface area contributed by atoms with Crippen LogP contribution in [-0.2, 0) is 4.74 Å². The molecule has 3 aliphatic rings. The van der Waals surface area contributed by atoms with E-state index in [0.717, 1.165) is 37.1 Å². The third kappa shape index (κ3) is 2.89. The van der Waals surface area contributed by atoms with Crippen LogP contribution in [0.15, 0.2) is 0 Å². The zero-order chi connectivity index (χ0) is 12.4. The second-order valence-corrected chi connectivity index (χ2v) is 6.60. The van der Waals surface area contributed by atoms with E-state index in [-0.39, 0.29) is 0 Å². The summed E-state index contributed by atoms with van der Waals surface area (Å²) in [4.78, 5) is 2.63. The predicted molar refractivity (Wildman–Crippen MR) is 73.7 cm³/mol. The van der Waals surface area contributed by atoms with Gasteiger partial charge < -0.3 is 15.0 Å². The maximum Gasteiger partial charge on any atom is 0.0469 e. The molecule has 0 aromatic heterocycles. The lowest BCUT2D eigenvalue weighted by atomic mass is 9.91. The van der Waals surface area contributed by atoms with E-state index in [1.165, 1.54) is 51.6 Å². The Morgan fingerprint density at radius 3 is 2.22 bits per heavy atom. The molecule has 3 fully saturated rings. The molecule has 3 nitrogen and oxygen atoms in total. The second-order valence-electron chi connectivity index (χ2n) is 6.60. The summed E-state index contributed by atoms with van der Waals surface area (Å²) in [6, 6.07) is 1.78. The van der Waals surface area contributed by atoms with E-state index in [1.807, 2.05) is 0 Å². The number of fused-ring (bicyclic) bond motifs is 2.